The molecule has 0 fully saturated rings. The summed E-state index contributed by atoms with van der Waals surface area (Å²) >= 11 is 1.13. The van der Waals surface area contributed by atoms with Crippen LogP contribution in [0.4, 0.5) is 8.78 Å². The molecule has 2 aromatic carbocycles. The third-order valence-electron chi connectivity index (χ3n) is 3.82. The van der Waals surface area contributed by atoms with Gasteiger partial charge in [-0.1, -0.05) is 23.9 Å². The second-order valence-corrected chi connectivity index (χ2v) is 6.58. The lowest BCUT2D eigenvalue weighted by molar-refractivity contribution is 0.101. The Morgan fingerprint density at radius 2 is 1.96 bits per heavy atom. The van der Waals surface area contributed by atoms with Crippen LogP contribution in [0.25, 0.3) is 16.6 Å². The Labute approximate surface area is 151 Å². The van der Waals surface area contributed by atoms with Crippen molar-refractivity contribution in [1.29, 1.82) is 0 Å². The SMILES string of the molecule is Cc1nc2c3ccccc3nc(SCC(=O)c3ccc(F)cc3F)n2n1. The number of fused-ring (bicyclic) bond motifs is 3. The molecule has 0 aliphatic heterocycles. The van der Waals surface area contributed by atoms with E-state index in [4.69, 9.17) is 0 Å². The standard InChI is InChI=1S/C18H12F2N4OS/c1-10-21-17-13-4-2-3-5-15(13)22-18(24(17)23-10)26-9-16(25)12-7-6-11(19)8-14(12)20/h2-8H,9H2,1H3. The molecule has 0 saturated heterocycles. The fourth-order valence-electron chi connectivity index (χ4n) is 2.65. The number of Topliss-reactive ketones (excluding diaryl/α,β-unsaturated/α-hetero) is 1. The summed E-state index contributed by atoms with van der Waals surface area (Å²) in [7, 11) is 0. The van der Waals surface area contributed by atoms with Crippen LogP contribution in [-0.4, -0.2) is 31.1 Å². The Morgan fingerprint density at radius 1 is 1.15 bits per heavy atom. The number of aromatic nitrogens is 4. The molecule has 2 heterocycles. The van der Waals surface area contributed by atoms with Gasteiger partial charge in [-0.3, -0.25) is 4.79 Å². The van der Waals surface area contributed by atoms with E-state index in [0.29, 0.717) is 22.7 Å². The Kier molecular flexibility index (Phi) is 4.12. The molecular weight excluding hydrogens is 358 g/mol. The van der Waals surface area contributed by atoms with E-state index in [0.717, 1.165) is 34.8 Å². The lowest BCUT2D eigenvalue weighted by Crippen LogP contribution is -2.07. The number of aryl methyl sites for hydroxylation is 1. The molecule has 0 atom stereocenters. The molecule has 0 aliphatic rings. The van der Waals surface area contributed by atoms with Crippen molar-refractivity contribution < 1.29 is 13.6 Å². The van der Waals surface area contributed by atoms with Crippen LogP contribution in [0.1, 0.15) is 16.2 Å². The highest BCUT2D eigenvalue weighted by molar-refractivity contribution is 7.99. The fraction of sp³-hybridized carbons (Fsp3) is 0.111. The van der Waals surface area contributed by atoms with Crippen LogP contribution < -0.4 is 0 Å². The van der Waals surface area contributed by atoms with Gasteiger partial charge in [0, 0.05) is 11.5 Å². The molecule has 0 saturated carbocycles. The third-order valence-corrected chi connectivity index (χ3v) is 4.75. The number of thioether (sulfide) groups is 1. The average Bonchev–Trinajstić information content (AvgIpc) is 3.01. The Balaban J connectivity index is 1.69. The van der Waals surface area contributed by atoms with E-state index < -0.39 is 17.4 Å². The molecule has 0 bridgehead atoms. The van der Waals surface area contributed by atoms with E-state index >= 15 is 0 Å². The number of rotatable bonds is 4. The van der Waals surface area contributed by atoms with Gasteiger partial charge in [-0.15, -0.1) is 5.10 Å². The van der Waals surface area contributed by atoms with Gasteiger partial charge in [0.15, 0.2) is 16.6 Å². The lowest BCUT2D eigenvalue weighted by Gasteiger charge is -2.06. The van der Waals surface area contributed by atoms with Crippen molar-refractivity contribution in [2.75, 3.05) is 5.75 Å². The molecule has 0 radical (unpaired) electrons. The molecule has 5 nitrogen and oxygen atoms in total. The van der Waals surface area contributed by atoms with Crippen LogP contribution in [0, 0.1) is 18.6 Å². The minimum atomic E-state index is -0.871. The van der Waals surface area contributed by atoms with Crippen LogP contribution in [0.2, 0.25) is 0 Å². The van der Waals surface area contributed by atoms with Crippen molar-refractivity contribution in [1.82, 2.24) is 19.6 Å². The van der Waals surface area contributed by atoms with Gasteiger partial charge in [0.25, 0.3) is 0 Å². The van der Waals surface area contributed by atoms with Gasteiger partial charge in [-0.2, -0.15) is 4.52 Å². The monoisotopic (exact) mass is 370 g/mol. The first-order valence-corrected chi connectivity index (χ1v) is 8.74. The van der Waals surface area contributed by atoms with Gasteiger partial charge >= 0.3 is 0 Å². The third kappa shape index (κ3) is 2.92. The molecule has 26 heavy (non-hydrogen) atoms. The normalized spacial score (nSPS) is 11.3. The molecule has 0 amide bonds. The predicted octanol–water partition coefficient (Wildman–Crippen LogP) is 3.84. The van der Waals surface area contributed by atoms with Crippen LogP contribution in [-0.2, 0) is 0 Å². The second-order valence-electron chi connectivity index (χ2n) is 5.64. The van der Waals surface area contributed by atoms with E-state index in [1.165, 1.54) is 0 Å². The fourth-order valence-corrected chi connectivity index (χ4v) is 3.48. The minimum absolute atomic E-state index is 0.0537. The molecule has 4 rings (SSSR count). The van der Waals surface area contributed by atoms with Crippen molar-refractivity contribution in [3.05, 3.63) is 65.5 Å². The largest absolute Gasteiger partial charge is 0.293 e. The second kappa shape index (κ2) is 6.45. The summed E-state index contributed by atoms with van der Waals surface area (Å²) in [4.78, 5) is 21.3. The maximum atomic E-state index is 13.8. The van der Waals surface area contributed by atoms with Crippen LogP contribution in [0.3, 0.4) is 0 Å². The highest BCUT2D eigenvalue weighted by Crippen LogP contribution is 2.24. The highest BCUT2D eigenvalue weighted by atomic mass is 32.2. The van der Waals surface area contributed by atoms with Gasteiger partial charge in [0.1, 0.15) is 17.5 Å². The minimum Gasteiger partial charge on any atom is -0.293 e. The number of hydrogen-bond donors (Lipinski definition) is 0. The first-order chi connectivity index (χ1) is 12.5. The van der Waals surface area contributed by atoms with Gasteiger partial charge in [0.2, 0.25) is 0 Å². The number of carbonyl (C=O) groups is 1. The number of para-hydroxylation sites is 1. The number of hydrogen-bond acceptors (Lipinski definition) is 5. The summed E-state index contributed by atoms with van der Waals surface area (Å²) in [5, 5.41) is 5.67. The zero-order chi connectivity index (χ0) is 18.3. The molecule has 0 N–H and O–H groups in total. The molecule has 0 aliphatic carbocycles. The summed E-state index contributed by atoms with van der Waals surface area (Å²) in [5.41, 5.74) is 1.23. The first kappa shape index (κ1) is 16.6. The van der Waals surface area contributed by atoms with Crippen molar-refractivity contribution in [3.8, 4) is 0 Å². The van der Waals surface area contributed by atoms with Crippen LogP contribution >= 0.6 is 11.8 Å². The Bertz CT molecular complexity index is 1160. The van der Waals surface area contributed by atoms with E-state index in [1.807, 2.05) is 24.3 Å². The molecule has 2 aromatic heterocycles. The zero-order valence-electron chi connectivity index (χ0n) is 13.6. The highest BCUT2D eigenvalue weighted by Gasteiger charge is 2.16. The Morgan fingerprint density at radius 3 is 2.77 bits per heavy atom. The number of ketones is 1. The topological polar surface area (TPSA) is 60.2 Å². The molecule has 0 unspecified atom stereocenters. The van der Waals surface area contributed by atoms with Crippen LogP contribution in [0.5, 0.6) is 0 Å². The van der Waals surface area contributed by atoms with Crippen molar-refractivity contribution >= 4 is 34.1 Å². The van der Waals surface area contributed by atoms with Gasteiger partial charge in [-0.05, 0) is 31.2 Å². The van der Waals surface area contributed by atoms with Crippen LogP contribution in [0.15, 0.2) is 47.6 Å². The molecule has 130 valence electrons. The zero-order valence-corrected chi connectivity index (χ0v) is 14.4. The van der Waals surface area contributed by atoms with E-state index in [-0.39, 0.29) is 11.3 Å². The summed E-state index contributed by atoms with van der Waals surface area (Å²) < 4.78 is 28.4. The summed E-state index contributed by atoms with van der Waals surface area (Å²) in [6.07, 6.45) is 0. The van der Waals surface area contributed by atoms with E-state index in [9.17, 15) is 13.6 Å². The van der Waals surface area contributed by atoms with Gasteiger partial charge < -0.3 is 0 Å². The van der Waals surface area contributed by atoms with Crippen molar-refractivity contribution in [2.45, 2.75) is 12.1 Å². The average molecular weight is 370 g/mol. The van der Waals surface area contributed by atoms with Crippen molar-refractivity contribution in [2.24, 2.45) is 0 Å². The maximum Gasteiger partial charge on any atom is 0.192 e. The smallest absolute Gasteiger partial charge is 0.192 e. The van der Waals surface area contributed by atoms with Gasteiger partial charge in [0.05, 0.1) is 16.8 Å². The molecule has 8 heteroatoms. The first-order valence-electron chi connectivity index (χ1n) is 7.76. The summed E-state index contributed by atoms with van der Waals surface area (Å²) in [5.74, 6) is -1.51. The van der Waals surface area contributed by atoms with E-state index in [1.54, 1.807) is 11.4 Å². The predicted molar refractivity (Wildman–Crippen MR) is 94.4 cm³/mol. The maximum absolute atomic E-state index is 13.8. The quantitative estimate of drug-likeness (QED) is 0.310. The molecular formula is C18H12F2N4OS. The molecule has 4 aromatic rings. The lowest BCUT2D eigenvalue weighted by atomic mass is 10.1. The summed E-state index contributed by atoms with van der Waals surface area (Å²) in [6.45, 7) is 1.77. The van der Waals surface area contributed by atoms with E-state index in [2.05, 4.69) is 15.1 Å². The number of halogens is 2. The van der Waals surface area contributed by atoms with Gasteiger partial charge in [-0.25, -0.2) is 18.7 Å². The number of nitrogens with zero attached hydrogens (tertiary/aromatic N) is 4. The summed E-state index contributed by atoms with van der Waals surface area (Å²) in [6, 6.07) is 10.4. The molecule has 0 spiro atoms. The number of benzene rings is 2. The van der Waals surface area contributed by atoms with Crippen molar-refractivity contribution in [3.63, 3.8) is 0 Å². The Hall–Kier alpha value is -2.87. The number of carbonyl (C=O) groups excluding carboxylic acids is 1.